The highest BCUT2D eigenvalue weighted by molar-refractivity contribution is 7.01. The smallest absolute Gasteiger partial charge is 0.252 e. The topological polar surface area (TPSA) is 19.4 Å². The Morgan fingerprint density at radius 1 is 0.231 bits per heavy atom. The Balaban J connectivity index is 0.755. The molecular weight excluding hydrogens is 1260 g/mol. The molecule has 8 heteroatoms. The molecule has 0 spiro atoms. The average Bonchev–Trinajstić information content (AvgIpc) is 0.706. The average molecular weight is 1330 g/mol. The van der Waals surface area contributed by atoms with Crippen LogP contribution in [-0.4, -0.2) is 13.4 Å². The Labute approximate surface area is 608 Å². The summed E-state index contributed by atoms with van der Waals surface area (Å²) >= 11 is 0. The number of anilines is 18. The van der Waals surface area contributed by atoms with Crippen LogP contribution in [0.1, 0.15) is 22.3 Å². The summed E-state index contributed by atoms with van der Waals surface area (Å²) in [6.45, 7) is 8.71. The van der Waals surface area contributed by atoms with E-state index in [9.17, 15) is 0 Å². The fourth-order valence-corrected chi connectivity index (χ4v) is 17.3. The van der Waals surface area contributed by atoms with Crippen molar-refractivity contribution in [3.8, 4) is 11.1 Å². The fourth-order valence-electron chi connectivity index (χ4n) is 17.3. The number of benzene rings is 16. The van der Waals surface area contributed by atoms with E-state index >= 15 is 0 Å². The first-order valence-corrected chi connectivity index (χ1v) is 36.2. The molecule has 0 radical (unpaired) electrons. The van der Waals surface area contributed by atoms with Crippen LogP contribution >= 0.6 is 0 Å². The van der Waals surface area contributed by atoms with Crippen LogP contribution in [-0.2, 0) is 0 Å². The van der Waals surface area contributed by atoms with Crippen LogP contribution in [0.3, 0.4) is 0 Å². The molecule has 0 saturated heterocycles. The van der Waals surface area contributed by atoms with Gasteiger partial charge in [-0.15, -0.1) is 0 Å². The fraction of sp³-hybridized carbons (Fsp3) is 0.0417. The molecule has 0 bridgehead atoms. The van der Waals surface area contributed by atoms with Gasteiger partial charge < -0.3 is 29.4 Å². The van der Waals surface area contributed by atoms with Crippen LogP contribution in [0, 0.1) is 27.7 Å². The van der Waals surface area contributed by atoms with Crippen molar-refractivity contribution in [2.75, 3.05) is 29.4 Å². The monoisotopic (exact) mass is 1330 g/mol. The van der Waals surface area contributed by atoms with Crippen molar-refractivity contribution in [3.05, 3.63) is 374 Å². The maximum Gasteiger partial charge on any atom is 0.252 e. The summed E-state index contributed by atoms with van der Waals surface area (Å²) in [6.07, 6.45) is 0. The number of hydrogen-bond donors (Lipinski definition) is 0. The lowest BCUT2D eigenvalue weighted by Crippen LogP contribution is -2.61. The zero-order chi connectivity index (χ0) is 69.3. The van der Waals surface area contributed by atoms with Gasteiger partial charge in [0.1, 0.15) is 0 Å². The molecule has 6 nitrogen and oxygen atoms in total. The van der Waals surface area contributed by atoms with Crippen LogP contribution < -0.4 is 62.2 Å². The molecule has 4 aliphatic heterocycles. The second-order valence-corrected chi connectivity index (χ2v) is 28.3. The Hall–Kier alpha value is -13.0. The van der Waals surface area contributed by atoms with E-state index in [1.54, 1.807) is 0 Å². The van der Waals surface area contributed by atoms with E-state index in [4.69, 9.17) is 0 Å². The molecule has 20 rings (SSSR count). The predicted octanol–water partition coefficient (Wildman–Crippen LogP) is 22.0. The first kappa shape index (κ1) is 60.9. The summed E-state index contributed by atoms with van der Waals surface area (Å²) in [5.74, 6) is 0. The highest BCUT2D eigenvalue weighted by Gasteiger charge is 2.46. The van der Waals surface area contributed by atoms with Crippen LogP contribution in [0.2, 0.25) is 0 Å². The molecule has 490 valence electrons. The van der Waals surface area contributed by atoms with Crippen molar-refractivity contribution < 1.29 is 0 Å². The summed E-state index contributed by atoms with van der Waals surface area (Å²) in [7, 11) is 0. The van der Waals surface area contributed by atoms with Gasteiger partial charge in [0, 0.05) is 102 Å². The molecule has 0 saturated carbocycles. The lowest BCUT2D eigenvalue weighted by Gasteiger charge is -2.44. The van der Waals surface area contributed by atoms with Crippen LogP contribution in [0.25, 0.3) is 32.7 Å². The van der Waals surface area contributed by atoms with Crippen LogP contribution in [0.15, 0.2) is 352 Å². The minimum atomic E-state index is -0.0556. The van der Waals surface area contributed by atoms with Crippen LogP contribution in [0.4, 0.5) is 102 Å². The number of nitrogens with zero attached hydrogens (tertiary/aromatic N) is 6. The molecular formula is C96H70B2N6. The van der Waals surface area contributed by atoms with Crippen molar-refractivity contribution in [1.82, 2.24) is 0 Å². The van der Waals surface area contributed by atoms with E-state index in [0.717, 1.165) is 95.8 Å². The summed E-state index contributed by atoms with van der Waals surface area (Å²) in [6, 6.07) is 132. The first-order chi connectivity index (χ1) is 51.2. The third-order valence-corrected chi connectivity index (χ3v) is 22.0. The molecule has 0 aliphatic carbocycles. The van der Waals surface area contributed by atoms with Crippen molar-refractivity contribution in [1.29, 1.82) is 0 Å². The first-order valence-electron chi connectivity index (χ1n) is 36.2. The van der Waals surface area contributed by atoms with E-state index < -0.39 is 0 Å². The molecule has 104 heavy (non-hydrogen) atoms. The Kier molecular flexibility index (Phi) is 14.3. The lowest BCUT2D eigenvalue weighted by atomic mass is 9.33. The second kappa shape index (κ2) is 24.4. The standard InChI is InChI=1S/C96H70B2N6/c1-63-37-44-73(45-38-63)101-87-54-41-65(3)57-84(87)97-82-53-50-78(62-93(82)103(72-28-12-7-13-29-72)91-35-19-33-89(101)95(91)97)100(71-26-10-6-11-27-71)86-56-51-79(80-31-16-17-32-81(80)86)69-23-18-30-75(60-69)104-92-36-20-34-90-96(92)98(85-58-66(4)42-55-88(85)102(90)74-46-39-64(2)40-47-74)83-52-49-77(61-94(83)104)99(70-24-8-5-9-25-70)76-48-43-67-21-14-15-22-68(67)59-76/h5-62H,1-4H3. The van der Waals surface area contributed by atoms with Gasteiger partial charge in [0.2, 0.25) is 0 Å². The van der Waals surface area contributed by atoms with Crippen molar-refractivity contribution in [2.24, 2.45) is 0 Å². The minimum absolute atomic E-state index is 0.0224. The third kappa shape index (κ3) is 9.81. The van der Waals surface area contributed by atoms with Crippen molar-refractivity contribution in [2.45, 2.75) is 27.7 Å². The number of para-hydroxylation sites is 3. The Morgan fingerprint density at radius 3 is 1.22 bits per heavy atom. The SMILES string of the molecule is Cc1ccc(N2c3ccc(C)cc3B3c4ccc(N(c5ccccc5)c5ccc6ccccc6c5)cc4N(c4cccc(-c5ccc(N(c6ccccc6)c6ccc7c(c6)N(c6ccccc6)c6cccc8c6B7c6cc(C)ccc6N8c6ccc(C)cc6)c6ccccc56)c4)c4cccc2c43)cc1. The zero-order valence-electron chi connectivity index (χ0n) is 58.3. The van der Waals surface area contributed by atoms with Gasteiger partial charge in [0.25, 0.3) is 13.4 Å². The maximum absolute atomic E-state index is 2.56. The molecule has 0 unspecified atom stereocenters. The summed E-state index contributed by atoms with van der Waals surface area (Å²) < 4.78 is 0. The number of hydrogen-bond acceptors (Lipinski definition) is 6. The molecule has 0 atom stereocenters. The van der Waals surface area contributed by atoms with E-state index in [-0.39, 0.29) is 13.4 Å². The van der Waals surface area contributed by atoms with Crippen molar-refractivity contribution in [3.63, 3.8) is 0 Å². The van der Waals surface area contributed by atoms with Gasteiger partial charge in [-0.3, -0.25) is 0 Å². The highest BCUT2D eigenvalue weighted by atomic mass is 15.2. The quantitative estimate of drug-likeness (QED) is 0.119. The molecule has 0 fully saturated rings. The van der Waals surface area contributed by atoms with E-state index in [1.807, 2.05) is 0 Å². The van der Waals surface area contributed by atoms with Gasteiger partial charge in [0.15, 0.2) is 0 Å². The van der Waals surface area contributed by atoms with Gasteiger partial charge in [0.05, 0.1) is 5.69 Å². The normalized spacial score (nSPS) is 12.9. The van der Waals surface area contributed by atoms with Gasteiger partial charge in [-0.25, -0.2) is 0 Å². The molecule has 0 N–H and O–H groups in total. The van der Waals surface area contributed by atoms with Gasteiger partial charge in [-0.1, -0.05) is 222 Å². The predicted molar refractivity (Wildman–Crippen MR) is 443 cm³/mol. The Morgan fingerprint density at radius 2 is 0.654 bits per heavy atom. The molecule has 16 aromatic carbocycles. The summed E-state index contributed by atoms with van der Waals surface area (Å²) in [5, 5.41) is 4.71. The van der Waals surface area contributed by atoms with E-state index in [2.05, 4.69) is 409 Å². The zero-order valence-corrected chi connectivity index (χ0v) is 58.3. The maximum atomic E-state index is 2.56. The minimum Gasteiger partial charge on any atom is -0.311 e. The largest absolute Gasteiger partial charge is 0.311 e. The molecule has 16 aromatic rings. The lowest BCUT2D eigenvalue weighted by molar-refractivity contribution is 1.24. The summed E-state index contributed by atoms with van der Waals surface area (Å²) in [4.78, 5) is 14.9. The van der Waals surface area contributed by atoms with Crippen molar-refractivity contribution >= 4 is 170 Å². The van der Waals surface area contributed by atoms with Crippen LogP contribution in [0.5, 0.6) is 0 Å². The molecule has 0 aromatic heterocycles. The van der Waals surface area contributed by atoms with Gasteiger partial charge in [-0.05, 0) is 239 Å². The summed E-state index contributed by atoms with van der Waals surface area (Å²) in [5.41, 5.74) is 35.3. The molecule has 4 heterocycles. The highest BCUT2D eigenvalue weighted by Crippen LogP contribution is 2.51. The second-order valence-electron chi connectivity index (χ2n) is 28.3. The van der Waals surface area contributed by atoms with E-state index in [1.165, 1.54) is 94.2 Å². The third-order valence-electron chi connectivity index (χ3n) is 22.0. The van der Waals surface area contributed by atoms with Gasteiger partial charge in [-0.2, -0.15) is 0 Å². The number of rotatable bonds is 11. The number of fused-ring (bicyclic) bond motifs is 10. The van der Waals surface area contributed by atoms with E-state index in [0.29, 0.717) is 0 Å². The van der Waals surface area contributed by atoms with Gasteiger partial charge >= 0.3 is 0 Å². The molecule has 4 aliphatic rings. The molecule has 0 amide bonds. The Bertz CT molecular complexity index is 6100. The number of aryl methyl sites for hydroxylation is 4.